The molecule has 1 aliphatic rings. The van der Waals surface area contributed by atoms with Crippen molar-refractivity contribution in [3.63, 3.8) is 0 Å². The van der Waals surface area contributed by atoms with Crippen molar-refractivity contribution in [2.75, 3.05) is 0 Å². The van der Waals surface area contributed by atoms with Gasteiger partial charge < -0.3 is 10.6 Å². The Morgan fingerprint density at radius 2 is 1.93 bits per heavy atom. The number of hydrogen-bond donors (Lipinski definition) is 2. The van der Waals surface area contributed by atoms with E-state index in [-0.39, 0.29) is 17.9 Å². The van der Waals surface area contributed by atoms with E-state index in [0.29, 0.717) is 36.3 Å². The summed E-state index contributed by atoms with van der Waals surface area (Å²) in [6.07, 6.45) is 3.83. The van der Waals surface area contributed by atoms with Crippen LogP contribution in [0.25, 0.3) is 0 Å². The summed E-state index contributed by atoms with van der Waals surface area (Å²) in [4.78, 5) is 29.2. The molecule has 0 unspecified atom stereocenters. The van der Waals surface area contributed by atoms with Crippen LogP contribution in [0.1, 0.15) is 37.7 Å². The Kier molecular flexibility index (Phi) is 4.89. The van der Waals surface area contributed by atoms with Crippen LogP contribution in [-0.2, 0) is 19.5 Å². The molecule has 142 valence electrons. The summed E-state index contributed by atoms with van der Waals surface area (Å²) >= 11 is 0. The number of hydrogen-bond acceptors (Lipinski definition) is 4. The third kappa shape index (κ3) is 3.64. The predicted molar refractivity (Wildman–Crippen MR) is 104 cm³/mol. The molecule has 0 spiro atoms. The van der Waals surface area contributed by atoms with Crippen LogP contribution in [0, 0.1) is 6.92 Å². The molecule has 1 atom stereocenters. The summed E-state index contributed by atoms with van der Waals surface area (Å²) in [5.74, 6) is -0.309. The Hall–Kier alpha value is -3.48. The van der Waals surface area contributed by atoms with Gasteiger partial charge in [-0.1, -0.05) is 30.3 Å². The van der Waals surface area contributed by atoms with Crippen molar-refractivity contribution in [2.24, 2.45) is 0 Å². The lowest BCUT2D eigenvalue weighted by Crippen LogP contribution is -2.36. The maximum atomic E-state index is 12.6. The molecule has 0 fully saturated rings. The van der Waals surface area contributed by atoms with Crippen molar-refractivity contribution in [3.8, 4) is 0 Å². The molecular weight excluding hydrogens is 354 g/mol. The number of rotatable bonds is 5. The molecule has 0 saturated carbocycles. The van der Waals surface area contributed by atoms with Gasteiger partial charge in [-0.25, -0.2) is 0 Å². The number of aromatic nitrogens is 3. The minimum atomic E-state index is -0.156. The van der Waals surface area contributed by atoms with Crippen LogP contribution in [0.15, 0.2) is 54.9 Å². The molecule has 28 heavy (non-hydrogen) atoms. The molecule has 7 nitrogen and oxygen atoms in total. The fraction of sp³-hybridized carbons (Fsp3) is 0.238. The second-order valence-electron chi connectivity index (χ2n) is 6.87. The van der Waals surface area contributed by atoms with Crippen LogP contribution in [0.2, 0.25) is 0 Å². The summed E-state index contributed by atoms with van der Waals surface area (Å²) in [7, 11) is 0. The third-order valence-electron chi connectivity index (χ3n) is 4.91. The number of aryl methyl sites for hydroxylation is 1. The van der Waals surface area contributed by atoms with Crippen molar-refractivity contribution in [1.82, 2.24) is 25.4 Å². The first-order valence-electron chi connectivity index (χ1n) is 9.21. The average molecular weight is 375 g/mol. The SMILES string of the molecule is Cc1ncccc1C(=O)N[C@H]1Cc2c(C(=O)NCc3ccccc3)cnn2C1. The van der Waals surface area contributed by atoms with E-state index in [2.05, 4.69) is 20.7 Å². The molecule has 3 heterocycles. The molecule has 1 aliphatic heterocycles. The molecule has 2 N–H and O–H groups in total. The highest BCUT2D eigenvalue weighted by atomic mass is 16.2. The molecule has 0 aliphatic carbocycles. The fourth-order valence-electron chi connectivity index (χ4n) is 3.44. The minimum Gasteiger partial charge on any atom is -0.348 e. The van der Waals surface area contributed by atoms with Gasteiger partial charge in [0, 0.05) is 24.9 Å². The van der Waals surface area contributed by atoms with Gasteiger partial charge in [0.15, 0.2) is 0 Å². The smallest absolute Gasteiger partial charge is 0.255 e. The molecular formula is C21H21N5O2. The fourth-order valence-corrected chi connectivity index (χ4v) is 3.44. The highest BCUT2D eigenvalue weighted by Gasteiger charge is 2.29. The Balaban J connectivity index is 1.39. The summed E-state index contributed by atoms with van der Waals surface area (Å²) in [6, 6.07) is 13.2. The van der Waals surface area contributed by atoms with E-state index < -0.39 is 0 Å². The van der Waals surface area contributed by atoms with Gasteiger partial charge >= 0.3 is 0 Å². The largest absolute Gasteiger partial charge is 0.348 e. The second-order valence-corrected chi connectivity index (χ2v) is 6.87. The average Bonchev–Trinajstić information content (AvgIpc) is 3.27. The lowest BCUT2D eigenvalue weighted by Gasteiger charge is -2.12. The lowest BCUT2D eigenvalue weighted by molar-refractivity contribution is 0.0933. The number of benzene rings is 1. The number of amides is 2. The van der Waals surface area contributed by atoms with Crippen molar-refractivity contribution in [2.45, 2.75) is 32.5 Å². The van der Waals surface area contributed by atoms with Crippen LogP contribution in [0.5, 0.6) is 0 Å². The summed E-state index contributed by atoms with van der Waals surface area (Å²) in [6.45, 7) is 2.82. The first-order chi connectivity index (χ1) is 13.6. The van der Waals surface area contributed by atoms with E-state index in [1.54, 1.807) is 29.2 Å². The van der Waals surface area contributed by atoms with Gasteiger partial charge in [0.05, 0.1) is 35.6 Å². The zero-order valence-electron chi connectivity index (χ0n) is 15.6. The number of fused-ring (bicyclic) bond motifs is 1. The molecule has 2 amide bonds. The molecule has 3 aromatic rings. The Labute approximate surface area is 162 Å². The van der Waals surface area contributed by atoms with E-state index in [0.717, 1.165) is 11.3 Å². The molecule has 2 aromatic heterocycles. The van der Waals surface area contributed by atoms with E-state index in [4.69, 9.17) is 0 Å². The highest BCUT2D eigenvalue weighted by Crippen LogP contribution is 2.19. The van der Waals surface area contributed by atoms with Crippen molar-refractivity contribution in [3.05, 3.63) is 82.9 Å². The van der Waals surface area contributed by atoms with E-state index in [1.165, 1.54) is 0 Å². The van der Waals surface area contributed by atoms with Crippen molar-refractivity contribution >= 4 is 11.8 Å². The zero-order chi connectivity index (χ0) is 19.5. The quantitative estimate of drug-likeness (QED) is 0.713. The van der Waals surface area contributed by atoms with Gasteiger partial charge in [0.25, 0.3) is 11.8 Å². The van der Waals surface area contributed by atoms with Gasteiger partial charge in [0.1, 0.15) is 0 Å². The van der Waals surface area contributed by atoms with Crippen molar-refractivity contribution in [1.29, 1.82) is 0 Å². The van der Waals surface area contributed by atoms with Gasteiger partial charge in [-0.3, -0.25) is 19.3 Å². The van der Waals surface area contributed by atoms with E-state index in [9.17, 15) is 9.59 Å². The standard InChI is InChI=1S/C21H21N5O2/c1-14-17(8-5-9-22-14)21(28)25-16-10-19-18(12-24-26(19)13-16)20(27)23-11-15-6-3-2-4-7-15/h2-9,12,16H,10-11,13H2,1H3,(H,23,27)(H,25,28)/t16-/m0/s1. The van der Waals surface area contributed by atoms with Crippen LogP contribution in [0.4, 0.5) is 0 Å². The maximum absolute atomic E-state index is 12.6. The maximum Gasteiger partial charge on any atom is 0.255 e. The van der Waals surface area contributed by atoms with E-state index >= 15 is 0 Å². The number of carbonyl (C=O) groups excluding carboxylic acids is 2. The molecule has 4 rings (SSSR count). The van der Waals surface area contributed by atoms with Gasteiger partial charge in [-0.15, -0.1) is 0 Å². The number of carbonyl (C=O) groups is 2. The molecule has 0 saturated heterocycles. The Bertz CT molecular complexity index is 1010. The topological polar surface area (TPSA) is 88.9 Å². The van der Waals surface area contributed by atoms with Crippen LogP contribution < -0.4 is 10.6 Å². The first kappa shape index (κ1) is 17.9. The summed E-state index contributed by atoms with van der Waals surface area (Å²) in [5.41, 5.74) is 3.70. The molecule has 0 bridgehead atoms. The van der Waals surface area contributed by atoms with Gasteiger partial charge in [-0.2, -0.15) is 5.10 Å². The lowest BCUT2D eigenvalue weighted by atomic mass is 10.1. The third-order valence-corrected chi connectivity index (χ3v) is 4.91. The van der Waals surface area contributed by atoms with E-state index in [1.807, 2.05) is 37.3 Å². The normalized spacial score (nSPS) is 15.1. The first-order valence-corrected chi connectivity index (χ1v) is 9.21. The van der Waals surface area contributed by atoms with Crippen LogP contribution in [0.3, 0.4) is 0 Å². The minimum absolute atomic E-state index is 0.100. The summed E-state index contributed by atoms with van der Waals surface area (Å²) < 4.78 is 1.79. The molecule has 1 aromatic carbocycles. The number of pyridine rings is 1. The highest BCUT2D eigenvalue weighted by molar-refractivity contribution is 5.96. The monoisotopic (exact) mass is 375 g/mol. The van der Waals surface area contributed by atoms with Crippen LogP contribution >= 0.6 is 0 Å². The molecule has 0 radical (unpaired) electrons. The Morgan fingerprint density at radius 3 is 2.71 bits per heavy atom. The number of nitrogens with one attached hydrogen (secondary N) is 2. The second kappa shape index (κ2) is 7.64. The Morgan fingerprint density at radius 1 is 1.11 bits per heavy atom. The predicted octanol–water partition coefficient (Wildman–Crippen LogP) is 1.87. The van der Waals surface area contributed by atoms with Crippen molar-refractivity contribution < 1.29 is 9.59 Å². The molecule has 7 heteroatoms. The van der Waals surface area contributed by atoms with Crippen LogP contribution in [-0.4, -0.2) is 32.6 Å². The van der Waals surface area contributed by atoms with Gasteiger partial charge in [-0.05, 0) is 24.6 Å². The zero-order valence-corrected chi connectivity index (χ0v) is 15.6. The number of nitrogens with zero attached hydrogens (tertiary/aromatic N) is 3. The van der Waals surface area contributed by atoms with Gasteiger partial charge in [0.2, 0.25) is 0 Å². The summed E-state index contributed by atoms with van der Waals surface area (Å²) in [5, 5.41) is 10.3.